The summed E-state index contributed by atoms with van der Waals surface area (Å²) in [4.78, 5) is 6.71. The predicted molar refractivity (Wildman–Crippen MR) is 79.4 cm³/mol. The zero-order chi connectivity index (χ0) is 13.8. The van der Waals surface area contributed by atoms with E-state index in [0.717, 1.165) is 31.9 Å². The first-order valence-electron chi connectivity index (χ1n) is 7.12. The Labute approximate surface area is 120 Å². The van der Waals surface area contributed by atoms with E-state index in [9.17, 15) is 0 Å². The number of hydrogen-bond acceptors (Lipinski definition) is 3. The van der Waals surface area contributed by atoms with Crippen molar-refractivity contribution in [3.05, 3.63) is 65.5 Å². The van der Waals surface area contributed by atoms with Crippen molar-refractivity contribution in [3.63, 3.8) is 0 Å². The lowest BCUT2D eigenvalue weighted by Gasteiger charge is -2.33. The summed E-state index contributed by atoms with van der Waals surface area (Å²) in [6.07, 6.45) is 2.03. The Balaban J connectivity index is 1.67. The fourth-order valence-electron chi connectivity index (χ4n) is 2.66. The molecule has 1 fully saturated rings. The number of hydrogen-bond donors (Lipinski definition) is 0. The molecule has 1 aliphatic heterocycles. The van der Waals surface area contributed by atoms with Crippen LogP contribution in [0.1, 0.15) is 22.9 Å². The normalized spacial score (nSPS) is 19.9. The molecule has 2 aromatic rings. The highest BCUT2D eigenvalue weighted by Crippen LogP contribution is 2.23. The molecule has 0 radical (unpaired) electrons. The minimum atomic E-state index is 0.161. The van der Waals surface area contributed by atoms with Crippen molar-refractivity contribution in [1.29, 1.82) is 0 Å². The number of aryl methyl sites for hydroxylation is 1. The fraction of sp³-hybridized carbons (Fsp3) is 0.353. The number of benzene rings is 1. The summed E-state index contributed by atoms with van der Waals surface area (Å²) in [6, 6.07) is 14.8. The molecule has 0 amide bonds. The van der Waals surface area contributed by atoms with Gasteiger partial charge >= 0.3 is 0 Å². The molecule has 104 valence electrons. The minimum Gasteiger partial charge on any atom is -0.371 e. The van der Waals surface area contributed by atoms with E-state index in [4.69, 9.17) is 4.74 Å². The molecular weight excluding hydrogens is 248 g/mol. The van der Waals surface area contributed by atoms with Gasteiger partial charge in [0.2, 0.25) is 0 Å². The van der Waals surface area contributed by atoms with Gasteiger partial charge in [-0.1, -0.05) is 30.3 Å². The second-order valence-corrected chi connectivity index (χ2v) is 5.31. The Kier molecular flexibility index (Phi) is 4.09. The number of nitrogens with zero attached hydrogens (tertiary/aromatic N) is 2. The lowest BCUT2D eigenvalue weighted by atomic mass is 10.1. The van der Waals surface area contributed by atoms with Gasteiger partial charge in [-0.2, -0.15) is 0 Å². The first-order valence-corrected chi connectivity index (χ1v) is 7.12. The molecule has 2 heterocycles. The Bertz CT molecular complexity index is 556. The molecule has 0 N–H and O–H groups in total. The van der Waals surface area contributed by atoms with Crippen LogP contribution in [0.3, 0.4) is 0 Å². The van der Waals surface area contributed by atoms with Crippen molar-refractivity contribution in [2.75, 3.05) is 19.7 Å². The van der Waals surface area contributed by atoms with Gasteiger partial charge in [0.15, 0.2) is 0 Å². The molecule has 1 aromatic heterocycles. The SMILES string of the molecule is Cc1cc(C2CN(Cc3ccccc3)CCO2)ccn1. The minimum absolute atomic E-state index is 0.161. The summed E-state index contributed by atoms with van der Waals surface area (Å²) >= 11 is 0. The van der Waals surface area contributed by atoms with E-state index < -0.39 is 0 Å². The van der Waals surface area contributed by atoms with Gasteiger partial charge in [0.25, 0.3) is 0 Å². The first kappa shape index (κ1) is 13.3. The Morgan fingerprint density at radius 1 is 1.25 bits per heavy atom. The van der Waals surface area contributed by atoms with Gasteiger partial charge in [-0.3, -0.25) is 9.88 Å². The number of ether oxygens (including phenoxy) is 1. The van der Waals surface area contributed by atoms with Crippen LogP contribution in [0.5, 0.6) is 0 Å². The number of pyridine rings is 1. The molecule has 1 saturated heterocycles. The van der Waals surface area contributed by atoms with E-state index in [0.29, 0.717) is 0 Å². The summed E-state index contributed by atoms with van der Waals surface area (Å²) in [5.41, 5.74) is 3.64. The van der Waals surface area contributed by atoms with Crippen molar-refractivity contribution in [1.82, 2.24) is 9.88 Å². The number of morpholine rings is 1. The third-order valence-electron chi connectivity index (χ3n) is 3.69. The molecule has 3 nitrogen and oxygen atoms in total. The van der Waals surface area contributed by atoms with Crippen molar-refractivity contribution in [3.8, 4) is 0 Å². The Morgan fingerprint density at radius 2 is 2.10 bits per heavy atom. The summed E-state index contributed by atoms with van der Waals surface area (Å²) in [5, 5.41) is 0. The largest absolute Gasteiger partial charge is 0.371 e. The van der Waals surface area contributed by atoms with E-state index in [1.165, 1.54) is 11.1 Å². The quantitative estimate of drug-likeness (QED) is 0.855. The molecule has 0 spiro atoms. The molecule has 1 aliphatic rings. The highest BCUT2D eigenvalue weighted by Gasteiger charge is 2.22. The summed E-state index contributed by atoms with van der Waals surface area (Å²) < 4.78 is 5.92. The molecule has 20 heavy (non-hydrogen) atoms. The van der Waals surface area contributed by atoms with Crippen molar-refractivity contribution in [2.24, 2.45) is 0 Å². The smallest absolute Gasteiger partial charge is 0.0953 e. The van der Waals surface area contributed by atoms with E-state index in [-0.39, 0.29) is 6.10 Å². The van der Waals surface area contributed by atoms with E-state index in [1.54, 1.807) is 0 Å². The molecule has 0 bridgehead atoms. The van der Waals surface area contributed by atoms with Crippen LogP contribution in [-0.4, -0.2) is 29.6 Å². The second-order valence-electron chi connectivity index (χ2n) is 5.31. The lowest BCUT2D eigenvalue weighted by Crippen LogP contribution is -2.37. The van der Waals surface area contributed by atoms with Gasteiger partial charge < -0.3 is 4.74 Å². The first-order chi connectivity index (χ1) is 9.81. The van der Waals surface area contributed by atoms with Crippen LogP contribution in [0, 0.1) is 6.92 Å². The standard InChI is InChI=1S/C17H20N2O/c1-14-11-16(7-8-18-14)17-13-19(9-10-20-17)12-15-5-3-2-4-6-15/h2-8,11,17H,9-10,12-13H2,1H3. The van der Waals surface area contributed by atoms with Crippen molar-refractivity contribution >= 4 is 0 Å². The van der Waals surface area contributed by atoms with E-state index in [2.05, 4.69) is 52.3 Å². The molecule has 3 rings (SSSR count). The van der Waals surface area contributed by atoms with Gasteiger partial charge in [0.1, 0.15) is 0 Å². The highest BCUT2D eigenvalue weighted by molar-refractivity contribution is 5.19. The third kappa shape index (κ3) is 3.24. The molecule has 0 aliphatic carbocycles. The number of aromatic nitrogens is 1. The summed E-state index contributed by atoms with van der Waals surface area (Å²) in [5.74, 6) is 0. The molecule has 3 heteroatoms. The maximum atomic E-state index is 5.92. The second kappa shape index (κ2) is 6.16. The Hall–Kier alpha value is -1.71. The van der Waals surface area contributed by atoms with Crippen molar-refractivity contribution in [2.45, 2.75) is 19.6 Å². The van der Waals surface area contributed by atoms with Crippen LogP contribution in [0.15, 0.2) is 48.7 Å². The molecular formula is C17H20N2O. The van der Waals surface area contributed by atoms with Crippen LogP contribution in [0.25, 0.3) is 0 Å². The van der Waals surface area contributed by atoms with Crippen LogP contribution < -0.4 is 0 Å². The van der Waals surface area contributed by atoms with Crippen molar-refractivity contribution < 1.29 is 4.74 Å². The maximum absolute atomic E-state index is 5.92. The molecule has 1 atom stereocenters. The average Bonchev–Trinajstić information content (AvgIpc) is 2.49. The third-order valence-corrected chi connectivity index (χ3v) is 3.69. The van der Waals surface area contributed by atoms with Gasteiger partial charge in [-0.05, 0) is 30.2 Å². The molecule has 0 saturated carbocycles. The molecule has 1 unspecified atom stereocenters. The van der Waals surface area contributed by atoms with Gasteiger partial charge in [-0.15, -0.1) is 0 Å². The molecule has 1 aromatic carbocycles. The highest BCUT2D eigenvalue weighted by atomic mass is 16.5. The summed E-state index contributed by atoms with van der Waals surface area (Å²) in [7, 11) is 0. The van der Waals surface area contributed by atoms with Crippen LogP contribution in [0.4, 0.5) is 0 Å². The van der Waals surface area contributed by atoms with Gasteiger partial charge in [0.05, 0.1) is 12.7 Å². The Morgan fingerprint density at radius 3 is 2.90 bits per heavy atom. The van der Waals surface area contributed by atoms with Gasteiger partial charge in [0, 0.05) is 31.5 Å². The lowest BCUT2D eigenvalue weighted by molar-refractivity contribution is -0.0329. The monoisotopic (exact) mass is 268 g/mol. The van der Waals surface area contributed by atoms with E-state index in [1.807, 2.05) is 13.1 Å². The predicted octanol–water partition coefficient (Wildman–Crippen LogP) is 2.96. The van der Waals surface area contributed by atoms with Crippen LogP contribution in [-0.2, 0) is 11.3 Å². The van der Waals surface area contributed by atoms with Crippen LogP contribution >= 0.6 is 0 Å². The average molecular weight is 268 g/mol. The zero-order valence-electron chi connectivity index (χ0n) is 11.8. The van der Waals surface area contributed by atoms with Gasteiger partial charge in [-0.25, -0.2) is 0 Å². The summed E-state index contributed by atoms with van der Waals surface area (Å²) in [6.45, 7) is 5.74. The van der Waals surface area contributed by atoms with Crippen LogP contribution in [0.2, 0.25) is 0 Å². The topological polar surface area (TPSA) is 25.4 Å². The fourth-order valence-corrected chi connectivity index (χ4v) is 2.66. The zero-order valence-corrected chi connectivity index (χ0v) is 11.8. The maximum Gasteiger partial charge on any atom is 0.0953 e. The number of rotatable bonds is 3. The van der Waals surface area contributed by atoms with E-state index >= 15 is 0 Å².